The van der Waals surface area contributed by atoms with Crippen molar-refractivity contribution in [3.63, 3.8) is 0 Å². The maximum atomic E-state index is 12.8. The van der Waals surface area contributed by atoms with Crippen molar-refractivity contribution in [2.45, 2.75) is 56.8 Å². The van der Waals surface area contributed by atoms with Crippen LogP contribution in [0.25, 0.3) is 0 Å². The normalized spacial score (nSPS) is 29.9. The Morgan fingerprint density at radius 2 is 1.82 bits per heavy atom. The lowest BCUT2D eigenvalue weighted by Gasteiger charge is -2.37. The van der Waals surface area contributed by atoms with E-state index in [2.05, 4.69) is 5.32 Å². The number of carbonyl (C=O) groups is 1. The summed E-state index contributed by atoms with van der Waals surface area (Å²) >= 11 is 0. The molecule has 0 spiro atoms. The largest absolute Gasteiger partial charge is 0.342 e. The molecule has 0 saturated carbocycles. The van der Waals surface area contributed by atoms with Crippen molar-refractivity contribution in [3.05, 3.63) is 35.9 Å². The number of nitrogens with zero attached hydrogens (tertiary/aromatic N) is 1. The van der Waals surface area contributed by atoms with Gasteiger partial charge >= 0.3 is 0 Å². The van der Waals surface area contributed by atoms with E-state index in [1.165, 1.54) is 12.8 Å². The van der Waals surface area contributed by atoms with Crippen LogP contribution in [0.2, 0.25) is 0 Å². The molecule has 1 aromatic rings. The van der Waals surface area contributed by atoms with E-state index in [0.29, 0.717) is 18.1 Å². The first-order chi connectivity index (χ1) is 10.6. The molecule has 4 nitrogen and oxygen atoms in total. The molecule has 0 radical (unpaired) electrons. The number of rotatable bonds is 4. The van der Waals surface area contributed by atoms with Gasteiger partial charge in [-0.1, -0.05) is 37.3 Å². The zero-order valence-corrected chi connectivity index (χ0v) is 13.5. The first-order valence-corrected chi connectivity index (χ1v) is 8.39. The van der Waals surface area contributed by atoms with Crippen molar-refractivity contribution >= 4 is 5.91 Å². The Kier molecular flexibility index (Phi) is 4.50. The van der Waals surface area contributed by atoms with E-state index in [9.17, 15) is 4.79 Å². The van der Waals surface area contributed by atoms with E-state index >= 15 is 0 Å². The maximum absolute atomic E-state index is 12.8. The predicted molar refractivity (Wildman–Crippen MR) is 88.3 cm³/mol. The Hall–Kier alpha value is -1.39. The summed E-state index contributed by atoms with van der Waals surface area (Å²) in [4.78, 5) is 14.8. The number of amides is 1. The standard InChI is InChI=1S/C18H27N3O/c1-12(17(19)13-6-4-3-5-7-13)18(22)21(2)16-10-14-8-9-15(11-16)20-14/h3-7,12,14-17,20H,8-11,19H2,1-2H3. The van der Waals surface area contributed by atoms with Crippen LogP contribution in [0, 0.1) is 5.92 Å². The van der Waals surface area contributed by atoms with Crippen molar-refractivity contribution in [2.75, 3.05) is 7.05 Å². The number of hydrogen-bond acceptors (Lipinski definition) is 3. The predicted octanol–water partition coefficient (Wildman–Crippen LogP) is 2.06. The summed E-state index contributed by atoms with van der Waals surface area (Å²) in [5.74, 6) is -0.0254. The van der Waals surface area contributed by atoms with Gasteiger partial charge in [0.2, 0.25) is 5.91 Å². The van der Waals surface area contributed by atoms with Crippen molar-refractivity contribution in [1.29, 1.82) is 0 Å². The minimum absolute atomic E-state index is 0.169. The van der Waals surface area contributed by atoms with Crippen molar-refractivity contribution in [1.82, 2.24) is 10.2 Å². The zero-order chi connectivity index (χ0) is 15.7. The number of nitrogens with two attached hydrogens (primary N) is 1. The van der Waals surface area contributed by atoms with Gasteiger partial charge in [0.1, 0.15) is 0 Å². The molecule has 120 valence electrons. The Balaban J connectivity index is 1.65. The van der Waals surface area contributed by atoms with Gasteiger partial charge in [-0.3, -0.25) is 4.79 Å². The SMILES string of the molecule is CC(C(=O)N(C)C1CC2CCC(C1)N2)C(N)c1ccccc1. The van der Waals surface area contributed by atoms with Crippen LogP contribution in [0.5, 0.6) is 0 Å². The van der Waals surface area contributed by atoms with Crippen LogP contribution < -0.4 is 11.1 Å². The molecule has 2 heterocycles. The maximum Gasteiger partial charge on any atom is 0.227 e. The van der Waals surface area contributed by atoms with Crippen molar-refractivity contribution in [3.8, 4) is 0 Å². The highest BCUT2D eigenvalue weighted by Gasteiger charge is 2.37. The molecule has 4 atom stereocenters. The third-order valence-electron chi connectivity index (χ3n) is 5.46. The fourth-order valence-corrected chi connectivity index (χ4v) is 3.96. The highest BCUT2D eigenvalue weighted by molar-refractivity contribution is 5.79. The average Bonchev–Trinajstić information content (AvgIpc) is 2.90. The summed E-state index contributed by atoms with van der Waals surface area (Å²) in [6, 6.07) is 11.2. The minimum Gasteiger partial charge on any atom is -0.342 e. The summed E-state index contributed by atoms with van der Waals surface area (Å²) in [5.41, 5.74) is 7.34. The fraction of sp³-hybridized carbons (Fsp3) is 0.611. The number of hydrogen-bond donors (Lipinski definition) is 2. The molecule has 2 saturated heterocycles. The van der Waals surface area contributed by atoms with Gasteiger partial charge in [-0.25, -0.2) is 0 Å². The van der Waals surface area contributed by atoms with Gasteiger partial charge in [0.25, 0.3) is 0 Å². The molecule has 3 N–H and O–H groups in total. The lowest BCUT2D eigenvalue weighted by Crippen LogP contribution is -2.50. The topological polar surface area (TPSA) is 58.4 Å². The minimum atomic E-state index is -0.241. The van der Waals surface area contributed by atoms with Gasteiger partial charge in [-0.2, -0.15) is 0 Å². The Morgan fingerprint density at radius 1 is 1.23 bits per heavy atom. The van der Waals surface area contributed by atoms with Gasteiger partial charge < -0.3 is 16.0 Å². The lowest BCUT2D eigenvalue weighted by atomic mass is 9.92. The van der Waals surface area contributed by atoms with E-state index in [0.717, 1.165) is 18.4 Å². The fourth-order valence-electron chi connectivity index (χ4n) is 3.96. The number of piperidine rings is 1. The smallest absolute Gasteiger partial charge is 0.227 e. The summed E-state index contributed by atoms with van der Waals surface area (Å²) in [7, 11) is 1.95. The second-order valence-corrected chi connectivity index (χ2v) is 6.94. The van der Waals surface area contributed by atoms with Gasteiger partial charge in [0, 0.05) is 31.2 Å². The van der Waals surface area contributed by atoms with Crippen LogP contribution in [0.4, 0.5) is 0 Å². The first kappa shape index (κ1) is 15.5. The highest BCUT2D eigenvalue weighted by Crippen LogP contribution is 2.30. The lowest BCUT2D eigenvalue weighted by molar-refractivity contribution is -0.137. The van der Waals surface area contributed by atoms with Crippen LogP contribution in [0.3, 0.4) is 0 Å². The summed E-state index contributed by atoms with van der Waals surface area (Å²) < 4.78 is 0. The van der Waals surface area contributed by atoms with Crippen LogP contribution in [-0.2, 0) is 4.79 Å². The third kappa shape index (κ3) is 3.03. The first-order valence-electron chi connectivity index (χ1n) is 8.39. The van der Waals surface area contributed by atoms with Crippen LogP contribution >= 0.6 is 0 Å². The number of nitrogens with one attached hydrogen (secondary N) is 1. The van der Waals surface area contributed by atoms with E-state index < -0.39 is 0 Å². The van der Waals surface area contributed by atoms with Gasteiger partial charge in [-0.05, 0) is 31.2 Å². The van der Waals surface area contributed by atoms with E-state index in [1.807, 2.05) is 49.2 Å². The Morgan fingerprint density at radius 3 is 2.41 bits per heavy atom. The van der Waals surface area contributed by atoms with Crippen molar-refractivity contribution in [2.24, 2.45) is 11.7 Å². The Bertz CT molecular complexity index is 506. The molecule has 22 heavy (non-hydrogen) atoms. The molecule has 2 aliphatic heterocycles. The molecule has 4 heteroatoms. The van der Waals surface area contributed by atoms with Crippen LogP contribution in [0.15, 0.2) is 30.3 Å². The molecule has 0 aliphatic carbocycles. The molecule has 4 unspecified atom stereocenters. The summed E-state index contributed by atoms with van der Waals surface area (Å²) in [6.07, 6.45) is 4.66. The second kappa shape index (κ2) is 6.39. The van der Waals surface area contributed by atoms with Crippen LogP contribution in [0.1, 0.15) is 44.2 Å². The molecule has 0 aromatic heterocycles. The van der Waals surface area contributed by atoms with Gasteiger partial charge in [0.05, 0.1) is 5.92 Å². The average molecular weight is 301 g/mol. The third-order valence-corrected chi connectivity index (χ3v) is 5.46. The number of fused-ring (bicyclic) bond motifs is 2. The van der Waals surface area contributed by atoms with E-state index in [4.69, 9.17) is 5.73 Å². The van der Waals surface area contributed by atoms with Crippen molar-refractivity contribution < 1.29 is 4.79 Å². The Labute approximate surface area is 133 Å². The van der Waals surface area contributed by atoms with E-state index in [1.54, 1.807) is 0 Å². The highest BCUT2D eigenvalue weighted by atomic mass is 16.2. The molecule has 2 aliphatic rings. The monoisotopic (exact) mass is 301 g/mol. The molecule has 3 rings (SSSR count). The summed E-state index contributed by atoms with van der Waals surface area (Å²) in [5, 5.41) is 3.63. The molecule has 1 amide bonds. The van der Waals surface area contributed by atoms with E-state index in [-0.39, 0.29) is 17.9 Å². The molecule has 2 fully saturated rings. The van der Waals surface area contributed by atoms with Gasteiger partial charge in [0.15, 0.2) is 0 Å². The molecule has 2 bridgehead atoms. The molecular weight excluding hydrogens is 274 g/mol. The second-order valence-electron chi connectivity index (χ2n) is 6.94. The number of carbonyl (C=O) groups excluding carboxylic acids is 1. The number of benzene rings is 1. The summed E-state index contributed by atoms with van der Waals surface area (Å²) in [6.45, 7) is 1.95. The quantitative estimate of drug-likeness (QED) is 0.895. The zero-order valence-electron chi connectivity index (χ0n) is 13.5. The molecular formula is C18H27N3O. The van der Waals surface area contributed by atoms with Gasteiger partial charge in [-0.15, -0.1) is 0 Å². The van der Waals surface area contributed by atoms with Crippen LogP contribution in [-0.4, -0.2) is 36.0 Å². The molecule has 1 aromatic carbocycles.